The molecule has 0 bridgehead atoms. The number of amides is 2. The molecule has 0 aromatic heterocycles. The molecule has 0 saturated heterocycles. The Hall–Kier alpha value is -4.16. The lowest BCUT2D eigenvalue weighted by Gasteiger charge is -2.15. The number of nitriles is 1. The Morgan fingerprint density at radius 3 is 2.53 bits per heavy atom. The first-order valence-corrected chi connectivity index (χ1v) is 11.9. The minimum Gasteiger partial charge on any atom is -0.490 e. The second-order valence-electron chi connectivity index (χ2n) is 7.66. The topological polar surface area (TPSA) is 113 Å². The van der Waals surface area contributed by atoms with E-state index in [1.807, 2.05) is 44.2 Å². The number of anilines is 1. The molecule has 0 heterocycles. The summed E-state index contributed by atoms with van der Waals surface area (Å²) in [4.78, 5) is 24.2. The van der Waals surface area contributed by atoms with E-state index in [0.29, 0.717) is 40.4 Å². The lowest BCUT2D eigenvalue weighted by atomic mass is 10.1. The lowest BCUT2D eigenvalue weighted by molar-refractivity contribution is -0.136. The quantitative estimate of drug-likeness (QED) is 0.224. The molecule has 0 aliphatic carbocycles. The summed E-state index contributed by atoms with van der Waals surface area (Å²) in [5.41, 5.74) is 6.28. The molecule has 2 N–H and O–H groups in total. The van der Waals surface area contributed by atoms with Crippen molar-refractivity contribution in [2.45, 2.75) is 26.9 Å². The van der Waals surface area contributed by atoms with E-state index in [1.54, 1.807) is 36.4 Å². The van der Waals surface area contributed by atoms with Crippen LogP contribution in [0.1, 0.15) is 29.2 Å². The van der Waals surface area contributed by atoms with Gasteiger partial charge in [0.15, 0.2) is 11.5 Å². The largest absolute Gasteiger partial charge is 0.490 e. The Balaban J connectivity index is 1.63. The minimum absolute atomic E-state index is 0.268. The van der Waals surface area contributed by atoms with Crippen LogP contribution in [-0.2, 0) is 22.6 Å². The molecular formula is C27H25BrN4O4. The summed E-state index contributed by atoms with van der Waals surface area (Å²) in [6, 6.07) is 20.2. The van der Waals surface area contributed by atoms with E-state index in [9.17, 15) is 9.59 Å². The summed E-state index contributed by atoms with van der Waals surface area (Å²) >= 11 is 3.52. The molecular weight excluding hydrogens is 524 g/mol. The van der Waals surface area contributed by atoms with Gasteiger partial charge < -0.3 is 14.8 Å². The standard InChI is InChI=1S/C27H25BrN4O4/c1-3-35-24-15-20(14-23(28)25(24)36-17-21-7-5-4-6-18(21)2)16-30-32-27(34)26(33)31-22-10-8-19(9-11-22)12-13-29/h4-11,14-16H,3,12,17H2,1-2H3,(H,31,33)(H,32,34)/b30-16+. The zero-order valence-corrected chi connectivity index (χ0v) is 21.5. The smallest absolute Gasteiger partial charge is 0.329 e. The first kappa shape index (κ1) is 26.4. The van der Waals surface area contributed by atoms with Gasteiger partial charge in [0.05, 0.1) is 29.8 Å². The fraction of sp³-hybridized carbons (Fsp3) is 0.185. The van der Waals surface area contributed by atoms with Gasteiger partial charge >= 0.3 is 11.8 Å². The van der Waals surface area contributed by atoms with E-state index in [4.69, 9.17) is 14.7 Å². The molecule has 0 fully saturated rings. The third-order valence-electron chi connectivity index (χ3n) is 5.05. The highest BCUT2D eigenvalue weighted by molar-refractivity contribution is 9.10. The summed E-state index contributed by atoms with van der Waals surface area (Å²) < 4.78 is 12.4. The summed E-state index contributed by atoms with van der Waals surface area (Å²) in [5, 5.41) is 15.1. The number of hydrogen-bond acceptors (Lipinski definition) is 6. The minimum atomic E-state index is -0.922. The molecule has 184 valence electrons. The highest BCUT2D eigenvalue weighted by Gasteiger charge is 2.14. The molecule has 0 aliphatic rings. The number of rotatable bonds is 9. The maximum Gasteiger partial charge on any atom is 0.329 e. The van der Waals surface area contributed by atoms with Crippen molar-refractivity contribution in [1.29, 1.82) is 5.26 Å². The van der Waals surface area contributed by atoms with Crippen molar-refractivity contribution in [3.8, 4) is 17.6 Å². The Bertz CT molecular complexity index is 1300. The van der Waals surface area contributed by atoms with Crippen molar-refractivity contribution in [3.63, 3.8) is 0 Å². The molecule has 0 saturated carbocycles. The Labute approximate surface area is 218 Å². The SMILES string of the molecule is CCOc1cc(/C=N/NC(=O)C(=O)Nc2ccc(CC#N)cc2)cc(Br)c1OCc1ccccc1C. The van der Waals surface area contributed by atoms with Crippen LogP contribution >= 0.6 is 15.9 Å². The summed E-state index contributed by atoms with van der Waals surface area (Å²) in [6.45, 7) is 4.71. The molecule has 2 amide bonds. The van der Waals surface area contributed by atoms with Crippen LogP contribution in [0.15, 0.2) is 70.2 Å². The molecule has 8 nitrogen and oxygen atoms in total. The van der Waals surface area contributed by atoms with Crippen molar-refractivity contribution in [1.82, 2.24) is 5.43 Å². The highest BCUT2D eigenvalue weighted by atomic mass is 79.9. The van der Waals surface area contributed by atoms with E-state index in [2.05, 4.69) is 31.8 Å². The number of carbonyl (C=O) groups is 2. The van der Waals surface area contributed by atoms with Crippen molar-refractivity contribution in [3.05, 3.63) is 87.4 Å². The van der Waals surface area contributed by atoms with Gasteiger partial charge in [0.1, 0.15) is 6.61 Å². The summed E-state index contributed by atoms with van der Waals surface area (Å²) in [6.07, 6.45) is 1.67. The number of benzene rings is 3. The zero-order chi connectivity index (χ0) is 25.9. The number of hydrazone groups is 1. The first-order valence-electron chi connectivity index (χ1n) is 11.1. The maximum atomic E-state index is 12.1. The van der Waals surface area contributed by atoms with Crippen LogP contribution in [0.4, 0.5) is 5.69 Å². The fourth-order valence-electron chi connectivity index (χ4n) is 3.19. The molecule has 9 heteroatoms. The van der Waals surface area contributed by atoms with Gasteiger partial charge in [-0.15, -0.1) is 0 Å². The Morgan fingerprint density at radius 1 is 1.08 bits per heavy atom. The van der Waals surface area contributed by atoms with Crippen LogP contribution in [-0.4, -0.2) is 24.6 Å². The Morgan fingerprint density at radius 2 is 1.83 bits per heavy atom. The van der Waals surface area contributed by atoms with Gasteiger partial charge in [-0.2, -0.15) is 10.4 Å². The number of carbonyl (C=O) groups excluding carboxylic acids is 2. The van der Waals surface area contributed by atoms with Crippen molar-refractivity contribution < 1.29 is 19.1 Å². The second-order valence-corrected chi connectivity index (χ2v) is 8.52. The normalized spacial score (nSPS) is 10.5. The van der Waals surface area contributed by atoms with E-state index < -0.39 is 11.8 Å². The van der Waals surface area contributed by atoms with Gasteiger partial charge in [0.25, 0.3) is 0 Å². The van der Waals surface area contributed by atoms with Crippen LogP contribution in [0.5, 0.6) is 11.5 Å². The van der Waals surface area contributed by atoms with E-state index in [1.165, 1.54) is 6.21 Å². The zero-order valence-electron chi connectivity index (χ0n) is 19.9. The molecule has 0 radical (unpaired) electrons. The van der Waals surface area contributed by atoms with Crippen LogP contribution in [0, 0.1) is 18.3 Å². The molecule has 0 spiro atoms. The third kappa shape index (κ3) is 7.42. The van der Waals surface area contributed by atoms with E-state index in [0.717, 1.165) is 16.7 Å². The monoisotopic (exact) mass is 548 g/mol. The van der Waals surface area contributed by atoms with Crippen LogP contribution in [0.2, 0.25) is 0 Å². The number of nitrogens with zero attached hydrogens (tertiary/aromatic N) is 2. The predicted molar refractivity (Wildman–Crippen MR) is 141 cm³/mol. The van der Waals surface area contributed by atoms with Crippen molar-refractivity contribution in [2.75, 3.05) is 11.9 Å². The average Bonchev–Trinajstić information content (AvgIpc) is 2.86. The van der Waals surface area contributed by atoms with Gasteiger partial charge in [-0.3, -0.25) is 9.59 Å². The molecule has 0 atom stereocenters. The molecule has 3 aromatic rings. The number of hydrogen-bond donors (Lipinski definition) is 2. The molecule has 0 unspecified atom stereocenters. The van der Waals surface area contributed by atoms with E-state index >= 15 is 0 Å². The van der Waals surface area contributed by atoms with Gasteiger partial charge in [0, 0.05) is 5.69 Å². The summed E-state index contributed by atoms with van der Waals surface area (Å²) in [7, 11) is 0. The first-order chi connectivity index (χ1) is 17.4. The predicted octanol–water partition coefficient (Wildman–Crippen LogP) is 4.89. The number of ether oxygens (including phenoxy) is 2. The van der Waals surface area contributed by atoms with Crippen LogP contribution < -0.4 is 20.2 Å². The van der Waals surface area contributed by atoms with Gasteiger partial charge in [-0.05, 0) is 76.3 Å². The summed E-state index contributed by atoms with van der Waals surface area (Å²) in [5.74, 6) is -0.710. The van der Waals surface area contributed by atoms with Gasteiger partial charge in [-0.25, -0.2) is 5.43 Å². The van der Waals surface area contributed by atoms with Crippen LogP contribution in [0.25, 0.3) is 0 Å². The van der Waals surface area contributed by atoms with E-state index in [-0.39, 0.29) is 6.42 Å². The average molecular weight is 549 g/mol. The fourth-order valence-corrected chi connectivity index (χ4v) is 3.76. The number of aryl methyl sites for hydroxylation is 1. The highest BCUT2D eigenvalue weighted by Crippen LogP contribution is 2.37. The van der Waals surface area contributed by atoms with Gasteiger partial charge in [-0.1, -0.05) is 36.4 Å². The Kier molecular flexibility index (Phi) is 9.60. The second kappa shape index (κ2) is 13.1. The molecule has 3 rings (SSSR count). The molecule has 0 aliphatic heterocycles. The van der Waals surface area contributed by atoms with Crippen molar-refractivity contribution in [2.24, 2.45) is 5.10 Å². The molecule has 3 aromatic carbocycles. The maximum absolute atomic E-state index is 12.1. The van der Waals surface area contributed by atoms with Gasteiger partial charge in [0.2, 0.25) is 0 Å². The third-order valence-corrected chi connectivity index (χ3v) is 5.63. The number of nitrogens with one attached hydrogen (secondary N) is 2. The number of halogens is 1. The lowest BCUT2D eigenvalue weighted by Crippen LogP contribution is -2.32. The van der Waals surface area contributed by atoms with Crippen LogP contribution in [0.3, 0.4) is 0 Å². The van der Waals surface area contributed by atoms with Crippen molar-refractivity contribution >= 4 is 39.6 Å². The molecule has 36 heavy (non-hydrogen) atoms.